The molecule has 0 amide bonds. The van der Waals surface area contributed by atoms with Crippen LogP contribution in [0.5, 0.6) is 0 Å². The van der Waals surface area contributed by atoms with Crippen molar-refractivity contribution >= 4 is 23.7 Å². The van der Waals surface area contributed by atoms with E-state index in [9.17, 15) is 13.5 Å². The molecule has 0 bridgehead atoms. The van der Waals surface area contributed by atoms with Crippen LogP contribution < -0.4 is 0 Å². The average Bonchev–Trinajstić information content (AvgIpc) is 2.92. The van der Waals surface area contributed by atoms with Gasteiger partial charge in [0.1, 0.15) is 0 Å². The van der Waals surface area contributed by atoms with Crippen molar-refractivity contribution in [1.29, 1.82) is 0 Å². The van der Waals surface area contributed by atoms with Gasteiger partial charge in [-0.2, -0.15) is 3.89 Å². The second-order valence-electron chi connectivity index (χ2n) is 14.9. The van der Waals surface area contributed by atoms with E-state index in [0.717, 1.165) is 71.9 Å². The molecule has 0 N–H and O–H groups in total. The number of Topliss-reactive ketones (excluding diaryl/α,β-unsaturated/α-hetero) is 2. The zero-order chi connectivity index (χ0) is 33.8. The Morgan fingerprint density at radius 3 is 1.89 bits per heavy atom. The Kier molecular flexibility index (Phi) is 11.1. The number of fused-ring (bicyclic) bond motifs is 2. The van der Waals surface area contributed by atoms with Crippen LogP contribution in [0.1, 0.15) is 71.2 Å². The molecule has 4 aliphatic heterocycles. The van der Waals surface area contributed by atoms with Crippen LogP contribution in [0, 0.1) is 46.6 Å². The number of rotatable bonds is 2. The maximum absolute atomic E-state index is 12.5. The summed E-state index contributed by atoms with van der Waals surface area (Å²) in [4.78, 5) is 37.1. The lowest BCUT2D eigenvalue weighted by molar-refractivity contribution is -0.154. The molecule has 0 radical (unpaired) electrons. The third-order valence-electron chi connectivity index (χ3n) is 11.3. The zero-order valence-electron chi connectivity index (χ0n) is 29.0. The van der Waals surface area contributed by atoms with E-state index in [0.29, 0.717) is 29.6 Å². The molecule has 0 aromatic heterocycles. The van der Waals surface area contributed by atoms with Crippen molar-refractivity contribution in [3.63, 3.8) is 0 Å². The van der Waals surface area contributed by atoms with Gasteiger partial charge in [0.05, 0.1) is 45.1 Å². The molecule has 44 heavy (non-hydrogen) atoms. The molecule has 6 rings (SSSR count). The Balaban J connectivity index is 0.000000276. The fourth-order valence-corrected chi connectivity index (χ4v) is 9.00. The molecule has 5 atom stereocenters. The van der Waals surface area contributed by atoms with E-state index in [1.807, 2.05) is 19.9 Å². The lowest BCUT2D eigenvalue weighted by atomic mass is 9.52. The summed E-state index contributed by atoms with van der Waals surface area (Å²) in [5.41, 5.74) is -0.442. The smallest absolute Gasteiger partial charge is 0.282 e. The molecule has 248 valence electrons. The number of nitrogens with zero attached hydrogens (tertiary/aromatic N) is 4. The molecule has 4 saturated heterocycles. The molecule has 0 aromatic rings. The van der Waals surface area contributed by atoms with E-state index in [-0.39, 0.29) is 47.4 Å². The number of piperidine rings is 2. The number of likely N-dealkylation sites (tertiary alicyclic amines) is 2. The molecule has 2 aliphatic carbocycles. The Bertz CT molecular complexity index is 1200. The lowest BCUT2D eigenvalue weighted by Gasteiger charge is -2.56. The van der Waals surface area contributed by atoms with Gasteiger partial charge in [0.15, 0.2) is 5.78 Å². The van der Waals surface area contributed by atoms with E-state index in [1.165, 1.54) is 6.26 Å². The number of ketones is 2. The van der Waals surface area contributed by atoms with Gasteiger partial charge in [0.25, 0.3) is 6.04 Å². The number of hydrogen-bond acceptors (Lipinski definition) is 7. The second-order valence-corrected chi connectivity index (χ2v) is 15.3. The van der Waals surface area contributed by atoms with Crippen molar-refractivity contribution < 1.29 is 25.9 Å². The number of halogens is 1. The molecule has 1 unspecified atom stereocenters. The number of allylic oxidation sites excluding steroid dienone is 1. The predicted octanol–water partition coefficient (Wildman–Crippen LogP) is 6.24. The van der Waals surface area contributed by atoms with Crippen molar-refractivity contribution in [2.75, 3.05) is 58.9 Å². The van der Waals surface area contributed by atoms with E-state index in [4.69, 9.17) is 25.6 Å². The van der Waals surface area contributed by atoms with Crippen LogP contribution in [-0.4, -0.2) is 98.4 Å². The number of carbonyl (C=O) groups excluding carboxylic acids is 2. The molecule has 1 saturated carbocycles. The minimum atomic E-state index is -0.441. The van der Waals surface area contributed by atoms with Crippen molar-refractivity contribution in [2.45, 2.75) is 86.4 Å². The highest BCUT2D eigenvalue weighted by Gasteiger charge is 2.59. The van der Waals surface area contributed by atoms with Crippen molar-refractivity contribution in [3.8, 4) is 0 Å². The monoisotopic (exact) mass is 636 g/mol. The van der Waals surface area contributed by atoms with Gasteiger partial charge in [-0.15, -0.1) is 0 Å². The van der Waals surface area contributed by atoms with E-state index in [2.05, 4.69) is 47.2 Å². The Morgan fingerprint density at radius 1 is 0.932 bits per heavy atom. The molecule has 4 heterocycles. The van der Waals surface area contributed by atoms with Crippen LogP contribution in [0.3, 0.4) is 0 Å². The summed E-state index contributed by atoms with van der Waals surface area (Å²) in [6.07, 6.45) is 6.14. The van der Waals surface area contributed by atoms with Crippen LogP contribution in [-0.2, 0) is 19.1 Å². The highest BCUT2D eigenvalue weighted by molar-refractivity contribution is 7.93. The highest BCUT2D eigenvalue weighted by Crippen LogP contribution is 2.55. The number of ether oxygens (including phenoxy) is 2. The standard InChI is InChI=1S/C16H24N2O2.C16H22N2O2.CH3FS.CH4.H2/c2*1-15(2)13-5-6-18(11-8-20-9-11)10-16(13,3)7-12(17-4)14(15)19;1-3-2;;/h11-13H,5-10H2,1-3H3;7,11,13H,5-6,8-10H2,1-3H3;1H3;1H4;1H/t12?,13-,16+;13-,16+;;;/m00.../s1/i;;;;1+1D. The van der Waals surface area contributed by atoms with E-state index < -0.39 is 11.5 Å². The van der Waals surface area contributed by atoms with Crippen molar-refractivity contribution in [3.05, 3.63) is 34.6 Å². The average molecular weight is 637 g/mol. The van der Waals surface area contributed by atoms with Crippen LogP contribution in [0.2, 0.25) is 0 Å². The SMILES string of the molecule is C.CSF.[2H][2H].[C-]#[N+]C1=C[C@]2(C)CN(C3COC3)CC[C@H]2C(C)(C)C1=O.[C-]#[N+]C1C[C@]2(C)CN(C3COC3)CC[C@H]2C(C)(C)C1=O. The summed E-state index contributed by atoms with van der Waals surface area (Å²) in [6, 6.07) is 0.641. The van der Waals surface area contributed by atoms with Gasteiger partial charge in [-0.25, -0.2) is 11.4 Å². The first-order valence-electron chi connectivity index (χ1n) is 16.5. The summed E-state index contributed by atoms with van der Waals surface area (Å²) < 4.78 is 30.8. The Labute approximate surface area is 272 Å². The summed E-state index contributed by atoms with van der Waals surface area (Å²) in [5, 5.41) is 0. The lowest BCUT2D eigenvalue weighted by Crippen LogP contribution is -2.63. The van der Waals surface area contributed by atoms with Crippen LogP contribution in [0.4, 0.5) is 3.89 Å². The second kappa shape index (κ2) is 13.9. The minimum Gasteiger partial charge on any atom is -0.378 e. The van der Waals surface area contributed by atoms with Crippen molar-refractivity contribution in [1.82, 2.24) is 9.80 Å². The molecular weight excluding hydrogens is 579 g/mol. The Morgan fingerprint density at radius 2 is 1.43 bits per heavy atom. The van der Waals surface area contributed by atoms with Crippen LogP contribution in [0.25, 0.3) is 9.69 Å². The summed E-state index contributed by atoms with van der Waals surface area (Å²) in [7, 11) is 0. The van der Waals surface area contributed by atoms with E-state index in [1.54, 1.807) is 0 Å². The first-order valence-corrected chi connectivity index (χ1v) is 16.7. The highest BCUT2D eigenvalue weighted by atomic mass is 32.2. The van der Waals surface area contributed by atoms with E-state index >= 15 is 0 Å². The molecule has 8 nitrogen and oxygen atoms in total. The topological polar surface area (TPSA) is 67.8 Å². The Hall–Kier alpha value is -1.82. The fraction of sp³-hybridized carbons (Fsp3) is 0.824. The van der Waals surface area contributed by atoms with Crippen molar-refractivity contribution in [2.24, 2.45) is 33.5 Å². The van der Waals surface area contributed by atoms with Gasteiger partial charge in [-0.1, -0.05) is 55.0 Å². The van der Waals surface area contributed by atoms with Gasteiger partial charge < -0.3 is 19.1 Å². The molecular formula is C34H55FN4O4S. The molecule has 0 spiro atoms. The number of carbonyl (C=O) groups is 2. The third-order valence-corrected chi connectivity index (χ3v) is 11.3. The molecule has 6 aliphatic rings. The van der Waals surface area contributed by atoms with Gasteiger partial charge >= 0.3 is 0 Å². The maximum atomic E-state index is 12.5. The minimum absolute atomic E-state index is 0. The van der Waals surface area contributed by atoms with Gasteiger partial charge in [0, 0.05) is 51.7 Å². The largest absolute Gasteiger partial charge is 0.378 e. The van der Waals surface area contributed by atoms with Gasteiger partial charge in [0.2, 0.25) is 11.5 Å². The maximum Gasteiger partial charge on any atom is 0.282 e. The molecule has 10 heteroatoms. The number of hydrogen-bond donors (Lipinski definition) is 0. The molecule has 0 aromatic carbocycles. The summed E-state index contributed by atoms with van der Waals surface area (Å²) >= 11 is 0.250. The zero-order valence-corrected chi connectivity index (χ0v) is 27.8. The van der Waals surface area contributed by atoms with Gasteiger partial charge in [-0.05, 0) is 48.6 Å². The predicted molar refractivity (Wildman–Crippen MR) is 176 cm³/mol. The van der Waals surface area contributed by atoms with Crippen LogP contribution >= 0.6 is 12.1 Å². The quantitative estimate of drug-likeness (QED) is 0.333. The van der Waals surface area contributed by atoms with Gasteiger partial charge in [-0.3, -0.25) is 14.6 Å². The fourth-order valence-electron chi connectivity index (χ4n) is 9.00. The normalized spacial score (nSPS) is 36.6. The first kappa shape index (κ1) is 35.0. The van der Waals surface area contributed by atoms with Crippen LogP contribution in [0.15, 0.2) is 11.8 Å². The third kappa shape index (κ3) is 6.67. The molecule has 5 fully saturated rings. The first-order chi connectivity index (χ1) is 21.2. The summed E-state index contributed by atoms with van der Waals surface area (Å²) in [6.45, 7) is 34.6. The summed E-state index contributed by atoms with van der Waals surface area (Å²) in [5.74, 6) is 0.911.